The lowest BCUT2D eigenvalue weighted by Gasteiger charge is -2.23. The largest absolute Gasteiger partial charge is 0.486 e. The van der Waals surface area contributed by atoms with E-state index in [9.17, 15) is 0 Å². The summed E-state index contributed by atoms with van der Waals surface area (Å²) in [5.74, 6) is -0.00796. The topological polar surface area (TPSA) is 87.2 Å². The Labute approximate surface area is 223 Å². The molecule has 194 valence electrons. The number of aliphatic hydroxyl groups is 1. The number of hydrogen-bond acceptors (Lipinski definition) is 6. The van der Waals surface area contributed by atoms with Crippen LogP contribution in [0.25, 0.3) is 22.8 Å². The molecular weight excluding hydrogens is 520 g/mol. The van der Waals surface area contributed by atoms with Gasteiger partial charge in [-0.3, -0.25) is 9.67 Å². The minimum atomic E-state index is -0.520. The van der Waals surface area contributed by atoms with Crippen LogP contribution >= 0.6 is 23.2 Å². The van der Waals surface area contributed by atoms with Crippen molar-refractivity contribution in [2.75, 3.05) is 13.2 Å². The number of ether oxygens (including phenoxy) is 2. The van der Waals surface area contributed by atoms with E-state index in [1.807, 2.05) is 19.1 Å². The van der Waals surface area contributed by atoms with E-state index >= 15 is 4.39 Å². The Kier molecular flexibility index (Phi) is 7.76. The molecule has 4 aromatic rings. The van der Waals surface area contributed by atoms with Gasteiger partial charge in [-0.2, -0.15) is 10.2 Å². The van der Waals surface area contributed by atoms with Crippen LogP contribution in [0.1, 0.15) is 55.3 Å². The Morgan fingerprint density at radius 1 is 1.27 bits per heavy atom. The molecule has 4 heterocycles. The highest BCUT2D eigenvalue weighted by Crippen LogP contribution is 2.36. The van der Waals surface area contributed by atoms with E-state index in [0.29, 0.717) is 45.5 Å². The normalized spacial score (nSPS) is 17.3. The van der Waals surface area contributed by atoms with Gasteiger partial charge in [0.15, 0.2) is 12.1 Å². The second-order valence-electron chi connectivity index (χ2n) is 8.82. The Morgan fingerprint density at radius 3 is 2.81 bits per heavy atom. The van der Waals surface area contributed by atoms with E-state index in [2.05, 4.69) is 15.2 Å². The summed E-state index contributed by atoms with van der Waals surface area (Å²) in [6, 6.07) is 5.43. The molecule has 0 amide bonds. The molecule has 37 heavy (non-hydrogen) atoms. The van der Waals surface area contributed by atoms with Gasteiger partial charge in [0.05, 0.1) is 34.9 Å². The van der Waals surface area contributed by atoms with Crippen molar-refractivity contribution >= 4 is 46.0 Å². The van der Waals surface area contributed by atoms with E-state index in [1.54, 1.807) is 21.6 Å². The summed E-state index contributed by atoms with van der Waals surface area (Å²) < 4.78 is 31.1. The van der Waals surface area contributed by atoms with E-state index in [1.165, 1.54) is 24.7 Å². The van der Waals surface area contributed by atoms with Gasteiger partial charge < -0.3 is 14.6 Å². The van der Waals surface area contributed by atoms with Crippen LogP contribution in [0.4, 0.5) is 4.39 Å². The summed E-state index contributed by atoms with van der Waals surface area (Å²) in [5.41, 5.74) is 2.10. The van der Waals surface area contributed by atoms with Crippen molar-refractivity contribution < 1.29 is 19.0 Å². The van der Waals surface area contributed by atoms with Gasteiger partial charge in [-0.1, -0.05) is 23.2 Å². The third-order valence-electron chi connectivity index (χ3n) is 6.22. The standard InChI is InChI=1S/C26H26Cl2FN5O3/c1-16(25-20(27)13-30-14-21(25)28)37-18-5-6-23-19(11-18)26(32-34(23)24-4-2-3-9-36-24)22(29)10-17-12-31-33(15-17)7-8-35/h5-6,10-16,24,35H,2-4,7-9H2,1H3. The van der Waals surface area contributed by atoms with Crippen molar-refractivity contribution in [1.82, 2.24) is 24.5 Å². The zero-order valence-electron chi connectivity index (χ0n) is 20.1. The third kappa shape index (κ3) is 5.50. The van der Waals surface area contributed by atoms with Gasteiger partial charge in [0, 0.05) is 41.7 Å². The molecule has 3 aromatic heterocycles. The van der Waals surface area contributed by atoms with Crippen molar-refractivity contribution in [2.45, 2.75) is 45.1 Å². The Hall–Kier alpha value is -2.98. The fourth-order valence-corrected chi connectivity index (χ4v) is 5.14. The molecule has 0 bridgehead atoms. The number of nitrogens with zero attached hydrogens (tertiary/aromatic N) is 5. The fourth-order valence-electron chi connectivity index (χ4n) is 4.47. The summed E-state index contributed by atoms with van der Waals surface area (Å²) in [4.78, 5) is 3.99. The molecule has 0 saturated carbocycles. The highest BCUT2D eigenvalue weighted by atomic mass is 35.5. The maximum absolute atomic E-state index is 15.7. The lowest BCUT2D eigenvalue weighted by Crippen LogP contribution is -2.19. The smallest absolute Gasteiger partial charge is 0.152 e. The van der Waals surface area contributed by atoms with Crippen LogP contribution in [0.5, 0.6) is 5.75 Å². The number of rotatable bonds is 8. The lowest BCUT2D eigenvalue weighted by atomic mass is 10.1. The molecule has 5 rings (SSSR count). The minimum Gasteiger partial charge on any atom is -0.486 e. The van der Waals surface area contributed by atoms with Gasteiger partial charge in [0.25, 0.3) is 0 Å². The summed E-state index contributed by atoms with van der Waals surface area (Å²) in [5, 5.41) is 19.3. The number of halogens is 3. The number of hydrogen-bond donors (Lipinski definition) is 1. The summed E-state index contributed by atoms with van der Waals surface area (Å²) in [6.45, 7) is 2.75. The maximum Gasteiger partial charge on any atom is 0.152 e. The predicted octanol–water partition coefficient (Wildman–Crippen LogP) is 6.23. The molecule has 11 heteroatoms. The van der Waals surface area contributed by atoms with Crippen LogP contribution in [-0.2, 0) is 11.3 Å². The zero-order chi connectivity index (χ0) is 25.9. The summed E-state index contributed by atoms with van der Waals surface area (Å²) in [6.07, 6.45) is 9.66. The van der Waals surface area contributed by atoms with Gasteiger partial charge in [-0.05, 0) is 50.5 Å². The maximum atomic E-state index is 15.7. The molecule has 1 N–H and O–H groups in total. The number of benzene rings is 1. The summed E-state index contributed by atoms with van der Waals surface area (Å²) in [7, 11) is 0. The van der Waals surface area contributed by atoms with E-state index < -0.39 is 11.9 Å². The second kappa shape index (κ2) is 11.2. The first-order valence-electron chi connectivity index (χ1n) is 12.0. The van der Waals surface area contributed by atoms with Crippen molar-refractivity contribution in [3.05, 3.63) is 69.9 Å². The molecular formula is C26H26Cl2FN5O3. The molecule has 0 radical (unpaired) electrons. The van der Waals surface area contributed by atoms with Crippen LogP contribution in [0.15, 0.2) is 43.0 Å². The Balaban J connectivity index is 1.53. The highest BCUT2D eigenvalue weighted by Gasteiger charge is 2.24. The van der Waals surface area contributed by atoms with E-state index in [4.69, 9.17) is 37.8 Å². The molecule has 1 saturated heterocycles. The first-order valence-corrected chi connectivity index (χ1v) is 12.8. The lowest BCUT2D eigenvalue weighted by molar-refractivity contribution is -0.0367. The Morgan fingerprint density at radius 2 is 2.08 bits per heavy atom. The van der Waals surface area contributed by atoms with Crippen molar-refractivity contribution in [1.29, 1.82) is 0 Å². The zero-order valence-corrected chi connectivity index (χ0v) is 21.7. The molecule has 8 nitrogen and oxygen atoms in total. The first kappa shape index (κ1) is 25.7. The number of pyridine rings is 1. The van der Waals surface area contributed by atoms with Gasteiger partial charge >= 0.3 is 0 Å². The molecule has 1 fully saturated rings. The number of fused-ring (bicyclic) bond motifs is 1. The van der Waals surface area contributed by atoms with Gasteiger partial charge in [-0.25, -0.2) is 9.07 Å². The molecule has 1 aliphatic heterocycles. The van der Waals surface area contributed by atoms with Crippen LogP contribution in [0, 0.1) is 0 Å². The number of aromatic nitrogens is 5. The quantitative estimate of drug-likeness (QED) is 0.282. The van der Waals surface area contributed by atoms with Crippen LogP contribution in [0.2, 0.25) is 10.0 Å². The fraction of sp³-hybridized carbons (Fsp3) is 0.346. The first-order chi connectivity index (χ1) is 17.9. The predicted molar refractivity (Wildman–Crippen MR) is 140 cm³/mol. The van der Waals surface area contributed by atoms with Gasteiger partial charge in [-0.15, -0.1) is 0 Å². The Bertz CT molecular complexity index is 1410. The molecule has 1 aromatic carbocycles. The van der Waals surface area contributed by atoms with E-state index in [-0.39, 0.29) is 18.5 Å². The average Bonchev–Trinajstić information content (AvgIpc) is 3.49. The third-order valence-corrected chi connectivity index (χ3v) is 6.82. The summed E-state index contributed by atoms with van der Waals surface area (Å²) >= 11 is 12.6. The highest BCUT2D eigenvalue weighted by molar-refractivity contribution is 6.35. The van der Waals surface area contributed by atoms with Gasteiger partial charge in [0.1, 0.15) is 17.5 Å². The van der Waals surface area contributed by atoms with E-state index in [0.717, 1.165) is 24.8 Å². The SMILES string of the molecule is CC(Oc1ccc2c(c1)c(C(F)=Cc1cnn(CCO)c1)nn2C1CCCCO1)c1c(Cl)cncc1Cl. The molecule has 0 aliphatic carbocycles. The van der Waals surface area contributed by atoms with Crippen molar-refractivity contribution in [3.63, 3.8) is 0 Å². The minimum absolute atomic E-state index is 0.0547. The van der Waals surface area contributed by atoms with Crippen molar-refractivity contribution in [2.24, 2.45) is 0 Å². The number of aliphatic hydroxyl groups excluding tert-OH is 1. The molecule has 1 aliphatic rings. The van der Waals surface area contributed by atoms with Gasteiger partial charge in [0.2, 0.25) is 0 Å². The molecule has 0 spiro atoms. The average molecular weight is 546 g/mol. The molecule has 2 unspecified atom stereocenters. The van der Waals surface area contributed by atoms with Crippen LogP contribution in [-0.4, -0.2) is 42.9 Å². The van der Waals surface area contributed by atoms with Crippen molar-refractivity contribution in [3.8, 4) is 5.75 Å². The van der Waals surface area contributed by atoms with Crippen LogP contribution < -0.4 is 4.74 Å². The monoisotopic (exact) mass is 545 g/mol. The second-order valence-corrected chi connectivity index (χ2v) is 9.64. The van der Waals surface area contributed by atoms with Crippen LogP contribution in [0.3, 0.4) is 0 Å². The molecule has 2 atom stereocenters.